The second-order valence-corrected chi connectivity index (χ2v) is 8.94. The number of benzene rings is 2. The zero-order valence-electron chi connectivity index (χ0n) is 16.6. The van der Waals surface area contributed by atoms with Crippen molar-refractivity contribution in [3.63, 3.8) is 0 Å². The molecule has 0 saturated carbocycles. The monoisotopic (exact) mass is 483 g/mol. The zero-order valence-corrected chi connectivity index (χ0v) is 18.3. The van der Waals surface area contributed by atoms with Gasteiger partial charge in [-0.1, -0.05) is 6.07 Å². The molecule has 0 fully saturated rings. The van der Waals surface area contributed by atoms with Gasteiger partial charge in [0.05, 0.1) is 15.9 Å². The van der Waals surface area contributed by atoms with E-state index in [-0.39, 0.29) is 16.5 Å². The Morgan fingerprint density at radius 2 is 1.70 bits per heavy atom. The Morgan fingerprint density at radius 3 is 2.30 bits per heavy atom. The van der Waals surface area contributed by atoms with Gasteiger partial charge in [-0.2, -0.15) is 28.8 Å². The number of aromatic nitrogens is 3. The Hall–Kier alpha value is -4.19. The third-order valence-corrected chi connectivity index (χ3v) is 6.67. The van der Waals surface area contributed by atoms with Gasteiger partial charge >= 0.3 is 0 Å². The highest BCUT2D eigenvalue weighted by atomic mass is 32.2. The Bertz CT molecular complexity index is 1540. The summed E-state index contributed by atoms with van der Waals surface area (Å²) in [5.74, 6) is -1.63. The molecule has 0 aliphatic rings. The van der Waals surface area contributed by atoms with E-state index in [0.29, 0.717) is 32.0 Å². The smallest absolute Gasteiger partial charge is 0.296 e. The minimum absolute atomic E-state index is 0.160. The predicted octanol–water partition coefficient (Wildman–Crippen LogP) is 4.03. The highest BCUT2D eigenvalue weighted by molar-refractivity contribution is 7.86. The first-order valence-corrected chi connectivity index (χ1v) is 11.3. The molecule has 2 aromatic heterocycles. The van der Waals surface area contributed by atoms with Gasteiger partial charge in [0, 0.05) is 5.56 Å². The summed E-state index contributed by atoms with van der Waals surface area (Å²) >= 11 is 1.13. The van der Waals surface area contributed by atoms with Crippen LogP contribution in [0.25, 0.3) is 20.8 Å². The summed E-state index contributed by atoms with van der Waals surface area (Å²) < 4.78 is 33.5. The van der Waals surface area contributed by atoms with E-state index in [2.05, 4.69) is 30.5 Å². The molecule has 0 unspecified atom stereocenters. The summed E-state index contributed by atoms with van der Waals surface area (Å²) in [7, 11) is -4.41. The quantitative estimate of drug-likeness (QED) is 0.139. The van der Waals surface area contributed by atoms with Crippen LogP contribution in [0.5, 0.6) is 11.8 Å². The number of aryl methyl sites for hydroxylation is 1. The Morgan fingerprint density at radius 1 is 1.03 bits per heavy atom. The summed E-state index contributed by atoms with van der Waals surface area (Å²) in [5, 5.41) is 38.5. The minimum atomic E-state index is -4.41. The van der Waals surface area contributed by atoms with Crippen LogP contribution in [0.2, 0.25) is 0 Å². The predicted molar refractivity (Wildman–Crippen MR) is 118 cm³/mol. The molecule has 0 aliphatic heterocycles. The van der Waals surface area contributed by atoms with Crippen LogP contribution in [0, 0.1) is 18.4 Å². The molecule has 4 aromatic rings. The fourth-order valence-corrected chi connectivity index (χ4v) is 5.23. The zero-order chi connectivity index (χ0) is 23.8. The largest absolute Gasteiger partial charge is 0.491 e. The summed E-state index contributed by atoms with van der Waals surface area (Å²) in [6.07, 6.45) is 1.56. The molecule has 0 aliphatic carbocycles. The molecule has 4 rings (SSSR count). The summed E-state index contributed by atoms with van der Waals surface area (Å²) in [5.41, 5.74) is 1.53. The number of nitriles is 1. The fraction of sp³-hybridized carbons (Fsp3) is 0.0526. The Balaban J connectivity index is 1.64. The van der Waals surface area contributed by atoms with Gasteiger partial charge in [0.1, 0.15) is 9.90 Å². The molecule has 2 aromatic carbocycles. The number of fused-ring (bicyclic) bond motifs is 1. The molecule has 0 bridgehead atoms. The van der Waals surface area contributed by atoms with E-state index < -0.39 is 21.9 Å². The second-order valence-electron chi connectivity index (χ2n) is 6.58. The topological polar surface area (TPSA) is 194 Å². The Labute approximate surface area is 190 Å². The highest BCUT2D eigenvalue weighted by Crippen LogP contribution is 2.37. The lowest BCUT2D eigenvalue weighted by Crippen LogP contribution is -2.00. The van der Waals surface area contributed by atoms with Gasteiger partial charge in [0.15, 0.2) is 6.19 Å². The molecule has 0 spiro atoms. The van der Waals surface area contributed by atoms with Crippen molar-refractivity contribution < 1.29 is 23.2 Å². The maximum Gasteiger partial charge on any atom is 0.296 e. The molecule has 0 amide bonds. The van der Waals surface area contributed by atoms with Crippen molar-refractivity contribution in [1.29, 1.82) is 5.26 Å². The number of hydrogen-bond acceptors (Lipinski definition) is 12. The first kappa shape index (κ1) is 22.0. The number of azo groups is 1. The van der Waals surface area contributed by atoms with E-state index >= 15 is 0 Å². The fourth-order valence-electron chi connectivity index (χ4n) is 2.92. The molecule has 0 atom stereocenters. The van der Waals surface area contributed by atoms with Crippen LogP contribution in [0.15, 0.2) is 51.5 Å². The molecule has 4 N–H and O–H groups in total. The van der Waals surface area contributed by atoms with Crippen molar-refractivity contribution in [2.24, 2.45) is 10.2 Å². The van der Waals surface area contributed by atoms with Gasteiger partial charge < -0.3 is 10.2 Å². The van der Waals surface area contributed by atoms with Gasteiger partial charge in [-0.25, -0.2) is 4.98 Å². The van der Waals surface area contributed by atoms with Gasteiger partial charge in [0.25, 0.3) is 10.1 Å². The summed E-state index contributed by atoms with van der Waals surface area (Å²) in [6.45, 7) is 1.59. The SMILES string of the molecule is Cc1ccc2nc(-c3ccc(/N=N/c4c(O)nc(NC#N)nc4O)cc3)sc2c1S(=O)(=O)O. The number of rotatable bonds is 5. The normalized spacial score (nSPS) is 11.7. The number of hydrogen-bond donors (Lipinski definition) is 4. The van der Waals surface area contributed by atoms with E-state index in [1.807, 2.05) is 0 Å². The van der Waals surface area contributed by atoms with E-state index in [0.717, 1.165) is 11.3 Å². The maximum absolute atomic E-state index is 11.8. The third-order valence-electron chi connectivity index (χ3n) is 4.36. The van der Waals surface area contributed by atoms with Gasteiger partial charge in [-0.15, -0.1) is 16.5 Å². The lowest BCUT2D eigenvalue weighted by molar-refractivity contribution is 0.425. The molecule has 0 saturated heterocycles. The molecule has 166 valence electrons. The number of nitrogens with one attached hydrogen (secondary N) is 1. The molecule has 33 heavy (non-hydrogen) atoms. The number of aromatic hydroxyl groups is 2. The van der Waals surface area contributed by atoms with Crippen molar-refractivity contribution in [1.82, 2.24) is 15.0 Å². The summed E-state index contributed by atoms with van der Waals surface area (Å²) in [6, 6.07) is 9.82. The minimum Gasteiger partial charge on any atom is -0.491 e. The van der Waals surface area contributed by atoms with E-state index in [4.69, 9.17) is 5.26 Å². The van der Waals surface area contributed by atoms with Crippen LogP contribution in [0.4, 0.5) is 17.3 Å². The van der Waals surface area contributed by atoms with Crippen LogP contribution in [0.3, 0.4) is 0 Å². The third kappa shape index (κ3) is 4.41. The lowest BCUT2D eigenvalue weighted by Gasteiger charge is -2.02. The molecule has 12 nitrogen and oxygen atoms in total. The van der Waals surface area contributed by atoms with Crippen LogP contribution >= 0.6 is 11.3 Å². The standard InChI is InChI=1S/C19H13N7O5S2/c1-9-2-7-12-14(15(9)33(29,30)31)32-18(22-12)10-3-5-11(6-4-10)25-26-13-16(27)23-19(21-8-20)24-17(13)28/h2-7H,1H3,(H,29,30,31)(H3,21,23,24,27,28)/b26-25+. The van der Waals surface area contributed by atoms with Crippen LogP contribution in [-0.2, 0) is 10.1 Å². The molecule has 14 heteroatoms. The van der Waals surface area contributed by atoms with Crippen LogP contribution in [-0.4, -0.2) is 38.1 Å². The van der Waals surface area contributed by atoms with Crippen molar-refractivity contribution in [2.75, 3.05) is 5.32 Å². The van der Waals surface area contributed by atoms with E-state index in [9.17, 15) is 23.2 Å². The first-order valence-electron chi connectivity index (χ1n) is 9.02. The van der Waals surface area contributed by atoms with Crippen LogP contribution < -0.4 is 5.32 Å². The van der Waals surface area contributed by atoms with E-state index in [1.54, 1.807) is 49.5 Å². The Kier molecular flexibility index (Phi) is 5.60. The molecular weight excluding hydrogens is 470 g/mol. The van der Waals surface area contributed by atoms with Gasteiger partial charge in [-0.05, 0) is 42.8 Å². The lowest BCUT2D eigenvalue weighted by atomic mass is 10.2. The van der Waals surface area contributed by atoms with Crippen LogP contribution in [0.1, 0.15) is 5.56 Å². The van der Waals surface area contributed by atoms with Crippen molar-refractivity contribution in [3.8, 4) is 28.5 Å². The van der Waals surface area contributed by atoms with Gasteiger partial charge in [0.2, 0.25) is 23.4 Å². The molecule has 2 heterocycles. The average molecular weight is 483 g/mol. The molecular formula is C19H13N7O5S2. The first-order chi connectivity index (χ1) is 15.7. The van der Waals surface area contributed by atoms with E-state index in [1.165, 1.54) is 0 Å². The summed E-state index contributed by atoms with van der Waals surface area (Å²) in [4.78, 5) is 11.4. The van der Waals surface area contributed by atoms with Crippen molar-refractivity contribution in [2.45, 2.75) is 11.8 Å². The number of nitrogens with zero attached hydrogens (tertiary/aromatic N) is 6. The average Bonchev–Trinajstić information content (AvgIpc) is 3.16. The van der Waals surface area contributed by atoms with Crippen molar-refractivity contribution >= 4 is 49.0 Å². The van der Waals surface area contributed by atoms with Crippen molar-refractivity contribution in [3.05, 3.63) is 42.0 Å². The molecule has 0 radical (unpaired) electrons. The highest BCUT2D eigenvalue weighted by Gasteiger charge is 2.20. The number of anilines is 1. The van der Waals surface area contributed by atoms with Gasteiger partial charge in [-0.3, -0.25) is 9.87 Å². The number of thiazole rings is 1. The second kappa shape index (κ2) is 8.39. The maximum atomic E-state index is 11.8.